The second-order valence-electron chi connectivity index (χ2n) is 5.97. The molecule has 0 fully saturated rings. The van der Waals surface area contributed by atoms with Crippen molar-refractivity contribution in [3.63, 3.8) is 0 Å². The molecule has 0 saturated carbocycles. The maximum Gasteiger partial charge on any atom is 0.263 e. The molecule has 0 spiro atoms. The number of ether oxygens (including phenoxy) is 1. The van der Waals surface area contributed by atoms with Crippen LogP contribution in [0.2, 0.25) is 5.02 Å². The van der Waals surface area contributed by atoms with E-state index in [4.69, 9.17) is 16.3 Å². The summed E-state index contributed by atoms with van der Waals surface area (Å²) in [4.78, 5) is 12.2. The van der Waals surface area contributed by atoms with E-state index in [1.807, 2.05) is 6.92 Å². The van der Waals surface area contributed by atoms with Crippen LogP contribution in [-0.4, -0.2) is 29.3 Å². The van der Waals surface area contributed by atoms with Gasteiger partial charge in [-0.15, -0.1) is 0 Å². The summed E-state index contributed by atoms with van der Waals surface area (Å²) in [6.07, 6.45) is 0.286. The highest BCUT2D eigenvalue weighted by Gasteiger charge is 2.30. The smallest absolute Gasteiger partial charge is 0.263 e. The molecule has 0 heterocycles. The Bertz CT molecular complexity index is 457. The lowest BCUT2D eigenvalue weighted by Gasteiger charge is -2.26. The molecule has 0 aliphatic carbocycles. The minimum atomic E-state index is -0.974. The molecule has 0 bridgehead atoms. The molecule has 4 nitrogen and oxygen atoms in total. The summed E-state index contributed by atoms with van der Waals surface area (Å²) in [6.45, 7) is 7.68. The van der Waals surface area contributed by atoms with Gasteiger partial charge in [0.1, 0.15) is 5.75 Å². The summed E-state index contributed by atoms with van der Waals surface area (Å²) in [5.74, 6) is 0.617. The van der Waals surface area contributed by atoms with Gasteiger partial charge < -0.3 is 15.2 Å². The zero-order valence-corrected chi connectivity index (χ0v) is 13.8. The number of carbonyl (C=O) groups is 1. The molecule has 2 atom stereocenters. The quantitative estimate of drug-likeness (QED) is 0.813. The van der Waals surface area contributed by atoms with Crippen LogP contribution in [0.15, 0.2) is 24.3 Å². The standard InChI is InChI=1S/C16H24ClNO3/c1-11(9-12(2)19)10-18-15(20)16(3,4)21-14-7-5-13(17)6-8-14/h5-8,11-12,19H,9-10H2,1-4H3,(H,18,20)/t11-,12+/m0/s1. The van der Waals surface area contributed by atoms with Crippen molar-refractivity contribution in [1.29, 1.82) is 0 Å². The van der Waals surface area contributed by atoms with E-state index in [1.165, 1.54) is 0 Å². The average molecular weight is 314 g/mol. The zero-order chi connectivity index (χ0) is 16.0. The number of carbonyl (C=O) groups excluding carboxylic acids is 1. The van der Waals surface area contributed by atoms with Gasteiger partial charge in [0.15, 0.2) is 5.60 Å². The largest absolute Gasteiger partial charge is 0.478 e. The molecule has 1 amide bonds. The van der Waals surface area contributed by atoms with E-state index < -0.39 is 5.60 Å². The highest BCUT2D eigenvalue weighted by Crippen LogP contribution is 2.21. The van der Waals surface area contributed by atoms with Crippen LogP contribution in [-0.2, 0) is 4.79 Å². The molecule has 1 aromatic carbocycles. The van der Waals surface area contributed by atoms with Gasteiger partial charge >= 0.3 is 0 Å². The third-order valence-electron chi connectivity index (χ3n) is 3.09. The van der Waals surface area contributed by atoms with Gasteiger partial charge in [-0.05, 0) is 57.4 Å². The molecule has 118 valence electrons. The van der Waals surface area contributed by atoms with Crippen molar-refractivity contribution in [1.82, 2.24) is 5.32 Å². The molecule has 2 N–H and O–H groups in total. The fourth-order valence-corrected chi connectivity index (χ4v) is 2.12. The van der Waals surface area contributed by atoms with E-state index in [0.29, 0.717) is 23.7 Å². The summed E-state index contributed by atoms with van der Waals surface area (Å²) in [7, 11) is 0. The van der Waals surface area contributed by atoms with Crippen LogP contribution in [0.5, 0.6) is 5.75 Å². The van der Waals surface area contributed by atoms with E-state index in [-0.39, 0.29) is 17.9 Å². The Kier molecular flexibility index (Phi) is 6.49. The maximum absolute atomic E-state index is 12.2. The number of rotatable bonds is 7. The number of aliphatic hydroxyl groups excluding tert-OH is 1. The molecule has 1 rings (SSSR count). The number of amides is 1. The molecule has 0 aliphatic rings. The normalized spacial score (nSPS) is 14.4. The van der Waals surface area contributed by atoms with E-state index in [1.54, 1.807) is 45.0 Å². The van der Waals surface area contributed by atoms with Crippen molar-refractivity contribution in [3.8, 4) is 5.75 Å². The first kappa shape index (κ1) is 17.8. The van der Waals surface area contributed by atoms with Crippen LogP contribution in [0, 0.1) is 5.92 Å². The third kappa shape index (κ3) is 6.36. The first-order valence-corrected chi connectivity index (χ1v) is 7.49. The summed E-state index contributed by atoms with van der Waals surface area (Å²) in [6, 6.07) is 6.89. The Morgan fingerprint density at radius 3 is 2.43 bits per heavy atom. The zero-order valence-electron chi connectivity index (χ0n) is 13.0. The van der Waals surface area contributed by atoms with E-state index in [2.05, 4.69) is 5.32 Å². The fourth-order valence-electron chi connectivity index (χ4n) is 1.99. The topological polar surface area (TPSA) is 58.6 Å². The average Bonchev–Trinajstić information content (AvgIpc) is 2.37. The second kappa shape index (κ2) is 7.66. The Hall–Kier alpha value is -1.26. The van der Waals surface area contributed by atoms with Crippen LogP contribution < -0.4 is 10.1 Å². The van der Waals surface area contributed by atoms with Gasteiger partial charge in [-0.1, -0.05) is 18.5 Å². The van der Waals surface area contributed by atoms with Crippen LogP contribution in [0.3, 0.4) is 0 Å². The number of hydrogen-bond donors (Lipinski definition) is 2. The second-order valence-corrected chi connectivity index (χ2v) is 6.40. The predicted octanol–water partition coefficient (Wildman–Crippen LogP) is 3.02. The van der Waals surface area contributed by atoms with E-state index in [9.17, 15) is 9.90 Å². The summed E-state index contributed by atoms with van der Waals surface area (Å²) >= 11 is 5.82. The molecule has 0 saturated heterocycles. The summed E-state index contributed by atoms with van der Waals surface area (Å²) in [5.41, 5.74) is -0.974. The van der Waals surface area contributed by atoms with E-state index >= 15 is 0 Å². The van der Waals surface area contributed by atoms with Crippen molar-refractivity contribution >= 4 is 17.5 Å². The Balaban J connectivity index is 2.52. The lowest BCUT2D eigenvalue weighted by Crippen LogP contribution is -2.47. The van der Waals surface area contributed by atoms with Gasteiger partial charge in [-0.25, -0.2) is 0 Å². The highest BCUT2D eigenvalue weighted by molar-refractivity contribution is 6.30. The highest BCUT2D eigenvalue weighted by atomic mass is 35.5. The van der Waals surface area contributed by atoms with E-state index in [0.717, 1.165) is 0 Å². The van der Waals surface area contributed by atoms with Gasteiger partial charge in [-0.3, -0.25) is 4.79 Å². The van der Waals surface area contributed by atoms with Crippen molar-refractivity contribution in [2.24, 2.45) is 5.92 Å². The molecule has 0 aliphatic heterocycles. The number of halogens is 1. The van der Waals surface area contributed by atoms with Crippen LogP contribution >= 0.6 is 11.6 Å². The van der Waals surface area contributed by atoms with Crippen molar-refractivity contribution < 1.29 is 14.6 Å². The fraction of sp³-hybridized carbons (Fsp3) is 0.562. The lowest BCUT2D eigenvalue weighted by molar-refractivity contribution is -0.134. The van der Waals surface area contributed by atoms with Crippen molar-refractivity contribution in [2.75, 3.05) is 6.54 Å². The van der Waals surface area contributed by atoms with Crippen LogP contribution in [0.25, 0.3) is 0 Å². The summed E-state index contributed by atoms with van der Waals surface area (Å²) < 4.78 is 5.71. The number of aliphatic hydroxyl groups is 1. The maximum atomic E-state index is 12.2. The van der Waals surface area contributed by atoms with Gasteiger partial charge in [0, 0.05) is 11.6 Å². The monoisotopic (exact) mass is 313 g/mol. The lowest BCUT2D eigenvalue weighted by atomic mass is 10.0. The molecule has 0 radical (unpaired) electrons. The third-order valence-corrected chi connectivity index (χ3v) is 3.34. The first-order chi connectivity index (χ1) is 9.70. The van der Waals surface area contributed by atoms with Gasteiger partial charge in [0.05, 0.1) is 6.10 Å². The molecule has 0 aromatic heterocycles. The van der Waals surface area contributed by atoms with Crippen LogP contribution in [0.4, 0.5) is 0 Å². The Morgan fingerprint density at radius 2 is 1.90 bits per heavy atom. The molecule has 1 aromatic rings. The summed E-state index contributed by atoms with van der Waals surface area (Å²) in [5, 5.41) is 12.8. The molecule has 5 heteroatoms. The molecule has 0 unspecified atom stereocenters. The predicted molar refractivity (Wildman–Crippen MR) is 84.6 cm³/mol. The van der Waals surface area contributed by atoms with Gasteiger partial charge in [0.25, 0.3) is 5.91 Å². The number of benzene rings is 1. The number of nitrogens with one attached hydrogen (secondary N) is 1. The van der Waals surface area contributed by atoms with Crippen molar-refractivity contribution in [2.45, 2.75) is 45.8 Å². The molecular formula is C16H24ClNO3. The Morgan fingerprint density at radius 1 is 1.33 bits per heavy atom. The Labute approximate surface area is 131 Å². The minimum absolute atomic E-state index is 0.185. The SMILES string of the molecule is C[C@H](CNC(=O)C(C)(C)Oc1ccc(Cl)cc1)C[C@@H](C)O. The van der Waals surface area contributed by atoms with Crippen LogP contribution in [0.1, 0.15) is 34.1 Å². The first-order valence-electron chi connectivity index (χ1n) is 7.11. The minimum Gasteiger partial charge on any atom is -0.478 e. The number of hydrogen-bond acceptors (Lipinski definition) is 3. The van der Waals surface area contributed by atoms with Gasteiger partial charge in [0.2, 0.25) is 0 Å². The van der Waals surface area contributed by atoms with Crippen molar-refractivity contribution in [3.05, 3.63) is 29.3 Å². The van der Waals surface area contributed by atoms with Gasteiger partial charge in [-0.2, -0.15) is 0 Å². The molecular weight excluding hydrogens is 290 g/mol. The molecule has 21 heavy (non-hydrogen) atoms.